The quantitative estimate of drug-likeness (QED) is 0.939. The summed E-state index contributed by atoms with van der Waals surface area (Å²) in [7, 11) is 0. The van der Waals surface area contributed by atoms with Crippen molar-refractivity contribution in [1.29, 1.82) is 0 Å². The molecule has 84 valence electrons. The summed E-state index contributed by atoms with van der Waals surface area (Å²) in [4.78, 5) is 4.13. The van der Waals surface area contributed by atoms with E-state index >= 15 is 0 Å². The SMILES string of the molecule is C[C@H](N)c1cncn1Cc1cccc(Br)c1. The van der Waals surface area contributed by atoms with Gasteiger partial charge in [0, 0.05) is 23.3 Å². The first-order valence-electron chi connectivity index (χ1n) is 5.17. The van der Waals surface area contributed by atoms with Crippen molar-refractivity contribution >= 4 is 15.9 Å². The number of imidazole rings is 1. The fraction of sp³-hybridized carbons (Fsp3) is 0.250. The van der Waals surface area contributed by atoms with Crippen LogP contribution in [0, 0.1) is 0 Å². The van der Waals surface area contributed by atoms with Crippen molar-refractivity contribution in [2.45, 2.75) is 19.5 Å². The lowest BCUT2D eigenvalue weighted by molar-refractivity contribution is 0.674. The average Bonchev–Trinajstić information content (AvgIpc) is 2.66. The van der Waals surface area contributed by atoms with Crippen molar-refractivity contribution in [2.75, 3.05) is 0 Å². The number of rotatable bonds is 3. The molecule has 1 aromatic carbocycles. The van der Waals surface area contributed by atoms with Crippen LogP contribution >= 0.6 is 15.9 Å². The maximum Gasteiger partial charge on any atom is 0.0951 e. The summed E-state index contributed by atoms with van der Waals surface area (Å²) in [6, 6.07) is 8.25. The molecule has 1 heterocycles. The Morgan fingerprint density at radius 2 is 2.31 bits per heavy atom. The van der Waals surface area contributed by atoms with Gasteiger partial charge in [-0.05, 0) is 24.6 Å². The number of benzene rings is 1. The van der Waals surface area contributed by atoms with Gasteiger partial charge in [0.15, 0.2) is 0 Å². The van der Waals surface area contributed by atoms with Crippen LogP contribution in [0.2, 0.25) is 0 Å². The largest absolute Gasteiger partial charge is 0.329 e. The van der Waals surface area contributed by atoms with E-state index in [-0.39, 0.29) is 6.04 Å². The fourth-order valence-electron chi connectivity index (χ4n) is 1.67. The third-order valence-electron chi connectivity index (χ3n) is 2.45. The zero-order valence-corrected chi connectivity index (χ0v) is 10.7. The number of nitrogens with zero attached hydrogens (tertiary/aromatic N) is 2. The van der Waals surface area contributed by atoms with Gasteiger partial charge in [-0.15, -0.1) is 0 Å². The highest BCUT2D eigenvalue weighted by Crippen LogP contribution is 2.15. The van der Waals surface area contributed by atoms with Gasteiger partial charge in [0.1, 0.15) is 0 Å². The Balaban J connectivity index is 2.24. The van der Waals surface area contributed by atoms with Crippen LogP contribution in [0.4, 0.5) is 0 Å². The Kier molecular flexibility index (Phi) is 3.41. The lowest BCUT2D eigenvalue weighted by atomic mass is 10.2. The van der Waals surface area contributed by atoms with Crippen LogP contribution in [0.3, 0.4) is 0 Å². The molecular formula is C12H14BrN3. The molecule has 2 N–H and O–H groups in total. The number of hydrogen-bond acceptors (Lipinski definition) is 2. The first-order chi connectivity index (χ1) is 7.66. The first kappa shape index (κ1) is 11.4. The summed E-state index contributed by atoms with van der Waals surface area (Å²) < 4.78 is 3.17. The second-order valence-electron chi connectivity index (χ2n) is 3.87. The summed E-state index contributed by atoms with van der Waals surface area (Å²) >= 11 is 3.46. The van der Waals surface area contributed by atoms with E-state index in [1.807, 2.05) is 31.6 Å². The summed E-state index contributed by atoms with van der Waals surface area (Å²) in [5.41, 5.74) is 8.16. The molecule has 0 saturated heterocycles. The fourth-order valence-corrected chi connectivity index (χ4v) is 2.12. The van der Waals surface area contributed by atoms with Gasteiger partial charge in [0.2, 0.25) is 0 Å². The van der Waals surface area contributed by atoms with Gasteiger partial charge in [-0.3, -0.25) is 0 Å². The first-order valence-corrected chi connectivity index (χ1v) is 5.96. The highest BCUT2D eigenvalue weighted by Gasteiger charge is 2.06. The van der Waals surface area contributed by atoms with E-state index in [1.165, 1.54) is 5.56 Å². The van der Waals surface area contributed by atoms with Gasteiger partial charge in [-0.1, -0.05) is 28.1 Å². The minimum atomic E-state index is 0.00894. The highest BCUT2D eigenvalue weighted by atomic mass is 79.9. The Morgan fingerprint density at radius 3 is 3.00 bits per heavy atom. The van der Waals surface area contributed by atoms with Crippen molar-refractivity contribution in [3.05, 3.63) is 52.5 Å². The molecule has 1 aromatic heterocycles. The summed E-state index contributed by atoms with van der Waals surface area (Å²) in [5, 5.41) is 0. The lowest BCUT2D eigenvalue weighted by Gasteiger charge is -2.10. The Labute approximate surface area is 103 Å². The molecule has 0 aliphatic heterocycles. The molecule has 0 spiro atoms. The van der Waals surface area contributed by atoms with Gasteiger partial charge in [-0.25, -0.2) is 4.98 Å². The third kappa shape index (κ3) is 2.51. The van der Waals surface area contributed by atoms with E-state index in [0.29, 0.717) is 0 Å². The van der Waals surface area contributed by atoms with Crippen LogP contribution in [-0.4, -0.2) is 9.55 Å². The maximum atomic E-state index is 5.87. The van der Waals surface area contributed by atoms with Crippen LogP contribution in [-0.2, 0) is 6.54 Å². The number of halogens is 1. The summed E-state index contributed by atoms with van der Waals surface area (Å²) in [5.74, 6) is 0. The molecule has 0 amide bonds. The molecule has 0 fully saturated rings. The normalized spacial score (nSPS) is 12.7. The number of nitrogens with two attached hydrogens (primary N) is 1. The molecule has 0 radical (unpaired) electrons. The molecular weight excluding hydrogens is 266 g/mol. The monoisotopic (exact) mass is 279 g/mol. The second kappa shape index (κ2) is 4.80. The molecule has 16 heavy (non-hydrogen) atoms. The standard InChI is InChI=1S/C12H14BrN3/c1-9(14)12-6-15-8-16(12)7-10-3-2-4-11(13)5-10/h2-6,8-9H,7,14H2,1H3/t9-/m0/s1. The molecule has 0 saturated carbocycles. The Morgan fingerprint density at radius 1 is 1.50 bits per heavy atom. The molecule has 0 aliphatic rings. The van der Waals surface area contributed by atoms with Gasteiger partial charge >= 0.3 is 0 Å². The number of hydrogen-bond donors (Lipinski definition) is 1. The summed E-state index contributed by atoms with van der Waals surface area (Å²) in [6.07, 6.45) is 3.64. The molecule has 2 rings (SSSR count). The molecule has 1 atom stereocenters. The van der Waals surface area contributed by atoms with E-state index in [1.54, 1.807) is 0 Å². The van der Waals surface area contributed by atoms with E-state index in [0.717, 1.165) is 16.7 Å². The molecule has 3 nitrogen and oxygen atoms in total. The van der Waals surface area contributed by atoms with Crippen molar-refractivity contribution < 1.29 is 0 Å². The zero-order valence-electron chi connectivity index (χ0n) is 9.10. The minimum absolute atomic E-state index is 0.00894. The van der Waals surface area contributed by atoms with Crippen molar-refractivity contribution in [2.24, 2.45) is 5.73 Å². The van der Waals surface area contributed by atoms with E-state index < -0.39 is 0 Å². The molecule has 4 heteroatoms. The van der Waals surface area contributed by atoms with E-state index in [4.69, 9.17) is 5.73 Å². The lowest BCUT2D eigenvalue weighted by Crippen LogP contribution is -2.12. The average molecular weight is 280 g/mol. The van der Waals surface area contributed by atoms with Crippen LogP contribution < -0.4 is 5.73 Å². The Hall–Kier alpha value is -1.13. The van der Waals surface area contributed by atoms with Crippen LogP contribution in [0.15, 0.2) is 41.3 Å². The predicted octanol–water partition coefficient (Wildman–Crippen LogP) is 2.71. The van der Waals surface area contributed by atoms with E-state index in [2.05, 4.69) is 37.6 Å². The number of aromatic nitrogens is 2. The van der Waals surface area contributed by atoms with Gasteiger partial charge in [0.25, 0.3) is 0 Å². The maximum absolute atomic E-state index is 5.87. The van der Waals surface area contributed by atoms with Crippen LogP contribution in [0.25, 0.3) is 0 Å². The smallest absolute Gasteiger partial charge is 0.0951 e. The molecule has 0 bridgehead atoms. The van der Waals surface area contributed by atoms with Crippen LogP contribution in [0.1, 0.15) is 24.2 Å². The Bertz CT molecular complexity index is 477. The molecule has 0 unspecified atom stereocenters. The third-order valence-corrected chi connectivity index (χ3v) is 2.95. The van der Waals surface area contributed by atoms with Gasteiger partial charge < -0.3 is 10.3 Å². The second-order valence-corrected chi connectivity index (χ2v) is 4.78. The van der Waals surface area contributed by atoms with Crippen molar-refractivity contribution in [3.63, 3.8) is 0 Å². The van der Waals surface area contributed by atoms with Gasteiger partial charge in [0.05, 0.1) is 12.0 Å². The zero-order chi connectivity index (χ0) is 11.5. The van der Waals surface area contributed by atoms with Crippen molar-refractivity contribution in [1.82, 2.24) is 9.55 Å². The topological polar surface area (TPSA) is 43.8 Å². The summed E-state index contributed by atoms with van der Waals surface area (Å²) in [6.45, 7) is 2.77. The van der Waals surface area contributed by atoms with Crippen LogP contribution in [0.5, 0.6) is 0 Å². The highest BCUT2D eigenvalue weighted by molar-refractivity contribution is 9.10. The molecule has 2 aromatic rings. The van der Waals surface area contributed by atoms with Gasteiger partial charge in [-0.2, -0.15) is 0 Å². The van der Waals surface area contributed by atoms with Crippen molar-refractivity contribution in [3.8, 4) is 0 Å². The predicted molar refractivity (Wildman–Crippen MR) is 68.1 cm³/mol. The molecule has 0 aliphatic carbocycles. The van der Waals surface area contributed by atoms with E-state index in [9.17, 15) is 0 Å². The minimum Gasteiger partial charge on any atom is -0.329 e.